The summed E-state index contributed by atoms with van der Waals surface area (Å²) in [7, 11) is 0. The Balaban J connectivity index is 1.42. The SMILES string of the molecule is O=C(NCc1ccnc(F)c1)n1c2c(c3ccc(C(F)(F)F)cc31)CN(CC=Cc1ccc(Cl)c(Cl)c1)CC2. The van der Waals surface area contributed by atoms with E-state index in [1.54, 1.807) is 18.2 Å². The van der Waals surface area contributed by atoms with E-state index in [2.05, 4.69) is 15.2 Å². The molecule has 1 aliphatic rings. The highest BCUT2D eigenvalue weighted by Crippen LogP contribution is 2.36. The number of aromatic nitrogens is 2. The second kappa shape index (κ2) is 11.0. The molecule has 0 fully saturated rings. The standard InChI is InChI=1S/C28H22Cl2F4N4O/c29-22-6-3-17(12-23(22)30)2-1-10-37-11-8-24-21(16-37)20-5-4-19(28(32,33)34)14-25(20)38(24)27(39)36-15-18-7-9-35-26(31)13-18/h1-7,9,12-14H,8,10-11,15-16H2,(H,36,39). The van der Waals surface area contributed by atoms with Gasteiger partial charge in [-0.25, -0.2) is 9.78 Å². The molecule has 1 aliphatic heterocycles. The number of carbonyl (C=O) groups is 1. The molecule has 0 atom stereocenters. The molecule has 0 unspecified atom stereocenters. The highest BCUT2D eigenvalue weighted by molar-refractivity contribution is 6.42. The third-order valence-corrected chi connectivity index (χ3v) is 7.35. The summed E-state index contributed by atoms with van der Waals surface area (Å²) in [5, 5.41) is 4.22. The predicted molar refractivity (Wildman–Crippen MR) is 143 cm³/mol. The van der Waals surface area contributed by atoms with Gasteiger partial charge in [0.15, 0.2) is 0 Å². The number of carbonyl (C=O) groups excluding carboxylic acids is 1. The Hall–Kier alpha value is -3.40. The van der Waals surface area contributed by atoms with Gasteiger partial charge < -0.3 is 5.32 Å². The molecule has 2 aromatic heterocycles. The summed E-state index contributed by atoms with van der Waals surface area (Å²) in [5.74, 6) is -0.686. The summed E-state index contributed by atoms with van der Waals surface area (Å²) in [6.07, 6.45) is 1.08. The Morgan fingerprint density at radius 2 is 1.90 bits per heavy atom. The van der Waals surface area contributed by atoms with Crippen molar-refractivity contribution in [3.8, 4) is 0 Å². The van der Waals surface area contributed by atoms with Crippen LogP contribution in [0.4, 0.5) is 22.4 Å². The first kappa shape index (κ1) is 27.2. The van der Waals surface area contributed by atoms with Gasteiger partial charge in [-0.15, -0.1) is 0 Å². The van der Waals surface area contributed by atoms with Crippen molar-refractivity contribution in [2.75, 3.05) is 13.1 Å². The summed E-state index contributed by atoms with van der Waals surface area (Å²) in [4.78, 5) is 18.9. The maximum absolute atomic E-state index is 13.5. The topological polar surface area (TPSA) is 50.2 Å². The van der Waals surface area contributed by atoms with E-state index in [0.717, 1.165) is 23.3 Å². The number of fused-ring (bicyclic) bond motifs is 3. The normalized spacial score (nSPS) is 14.2. The van der Waals surface area contributed by atoms with E-state index in [0.29, 0.717) is 52.7 Å². The number of pyridine rings is 1. The van der Waals surface area contributed by atoms with E-state index in [1.165, 1.54) is 22.9 Å². The largest absolute Gasteiger partial charge is 0.416 e. The highest BCUT2D eigenvalue weighted by Gasteiger charge is 2.33. The van der Waals surface area contributed by atoms with Crippen molar-refractivity contribution in [3.05, 3.63) is 105 Å². The molecular formula is C28H22Cl2F4N4O. The van der Waals surface area contributed by atoms with Gasteiger partial charge in [-0.1, -0.05) is 47.5 Å². The smallest absolute Gasteiger partial charge is 0.333 e. The number of alkyl halides is 3. The molecule has 1 amide bonds. The van der Waals surface area contributed by atoms with E-state index in [1.807, 2.05) is 18.2 Å². The van der Waals surface area contributed by atoms with Gasteiger partial charge in [0.2, 0.25) is 5.95 Å². The van der Waals surface area contributed by atoms with Gasteiger partial charge in [0, 0.05) is 49.9 Å². The van der Waals surface area contributed by atoms with Crippen LogP contribution in [0.25, 0.3) is 17.0 Å². The van der Waals surface area contributed by atoms with Crippen molar-refractivity contribution < 1.29 is 22.4 Å². The van der Waals surface area contributed by atoms with Crippen LogP contribution in [0, 0.1) is 5.95 Å². The summed E-state index contributed by atoms with van der Waals surface area (Å²) in [5.41, 5.74) is 2.18. The first-order chi connectivity index (χ1) is 18.6. The average molecular weight is 577 g/mol. The second-order valence-electron chi connectivity index (χ2n) is 9.20. The molecule has 0 bridgehead atoms. The third-order valence-electron chi connectivity index (χ3n) is 6.61. The molecule has 3 heterocycles. The lowest BCUT2D eigenvalue weighted by Crippen LogP contribution is -2.34. The third kappa shape index (κ3) is 5.95. The lowest BCUT2D eigenvalue weighted by molar-refractivity contribution is -0.137. The van der Waals surface area contributed by atoms with E-state index in [-0.39, 0.29) is 12.1 Å². The fourth-order valence-electron chi connectivity index (χ4n) is 4.74. The van der Waals surface area contributed by atoms with Crippen LogP contribution in [-0.4, -0.2) is 33.6 Å². The number of rotatable bonds is 5. The number of hydrogen-bond acceptors (Lipinski definition) is 3. The van der Waals surface area contributed by atoms with E-state index in [9.17, 15) is 22.4 Å². The molecule has 11 heteroatoms. The molecular weight excluding hydrogens is 555 g/mol. The van der Waals surface area contributed by atoms with Crippen LogP contribution in [-0.2, 0) is 25.7 Å². The van der Waals surface area contributed by atoms with Crippen molar-refractivity contribution >= 4 is 46.2 Å². The fourth-order valence-corrected chi connectivity index (χ4v) is 5.05. The number of hydrogen-bond donors (Lipinski definition) is 1. The zero-order chi connectivity index (χ0) is 27.7. The first-order valence-electron chi connectivity index (χ1n) is 12.1. The van der Waals surface area contributed by atoms with Gasteiger partial charge in [0.1, 0.15) is 0 Å². The van der Waals surface area contributed by atoms with Crippen molar-refractivity contribution in [1.82, 2.24) is 19.8 Å². The molecule has 5 rings (SSSR count). The van der Waals surface area contributed by atoms with Crippen LogP contribution in [0.2, 0.25) is 10.0 Å². The number of benzene rings is 2. The lowest BCUT2D eigenvalue weighted by Gasteiger charge is -2.27. The molecule has 0 spiro atoms. The Bertz CT molecular complexity index is 1580. The first-order valence-corrected chi connectivity index (χ1v) is 12.8. The molecule has 202 valence electrons. The quantitative estimate of drug-likeness (QED) is 0.200. The van der Waals surface area contributed by atoms with Crippen LogP contribution >= 0.6 is 23.2 Å². The molecule has 39 heavy (non-hydrogen) atoms. The zero-order valence-corrected chi connectivity index (χ0v) is 21.9. The van der Waals surface area contributed by atoms with Crippen LogP contribution < -0.4 is 5.32 Å². The van der Waals surface area contributed by atoms with Crippen molar-refractivity contribution in [2.45, 2.75) is 25.7 Å². The van der Waals surface area contributed by atoms with Crippen molar-refractivity contribution in [1.29, 1.82) is 0 Å². The van der Waals surface area contributed by atoms with Crippen molar-refractivity contribution in [3.63, 3.8) is 0 Å². The van der Waals surface area contributed by atoms with Crippen LogP contribution in [0.5, 0.6) is 0 Å². The minimum Gasteiger partial charge on any atom is -0.333 e. The summed E-state index contributed by atoms with van der Waals surface area (Å²) >= 11 is 12.1. The fraction of sp³-hybridized carbons (Fsp3) is 0.214. The number of halogens is 6. The van der Waals surface area contributed by atoms with Gasteiger partial charge in [-0.05, 0) is 53.1 Å². The maximum Gasteiger partial charge on any atom is 0.416 e. The van der Waals surface area contributed by atoms with Gasteiger partial charge in [-0.2, -0.15) is 17.6 Å². The van der Waals surface area contributed by atoms with Crippen LogP contribution in [0.1, 0.15) is 27.9 Å². The van der Waals surface area contributed by atoms with Crippen molar-refractivity contribution in [2.24, 2.45) is 0 Å². The summed E-state index contributed by atoms with van der Waals surface area (Å²) < 4.78 is 55.4. The van der Waals surface area contributed by atoms with Gasteiger partial charge in [-0.3, -0.25) is 9.47 Å². The molecule has 1 N–H and O–H groups in total. The Labute approximate surface area is 231 Å². The second-order valence-corrected chi connectivity index (χ2v) is 10.0. The molecule has 0 aliphatic carbocycles. The number of nitrogens with zero attached hydrogens (tertiary/aromatic N) is 3. The minimum atomic E-state index is -4.56. The van der Waals surface area contributed by atoms with E-state index in [4.69, 9.17) is 23.2 Å². The molecule has 2 aromatic carbocycles. The number of nitrogens with one attached hydrogen (secondary N) is 1. The van der Waals surface area contributed by atoms with E-state index < -0.39 is 23.7 Å². The van der Waals surface area contributed by atoms with Gasteiger partial charge in [0.05, 0.1) is 21.1 Å². The summed E-state index contributed by atoms with van der Waals surface area (Å²) in [6.45, 7) is 1.65. The lowest BCUT2D eigenvalue weighted by atomic mass is 10.0. The molecule has 4 aromatic rings. The average Bonchev–Trinajstić information content (AvgIpc) is 3.22. The Kier molecular flexibility index (Phi) is 7.66. The number of amides is 1. The van der Waals surface area contributed by atoms with Crippen LogP contribution in [0.3, 0.4) is 0 Å². The van der Waals surface area contributed by atoms with Gasteiger partial charge in [0.25, 0.3) is 0 Å². The molecule has 0 saturated heterocycles. The van der Waals surface area contributed by atoms with Crippen LogP contribution in [0.15, 0.2) is 60.8 Å². The Morgan fingerprint density at radius 3 is 2.64 bits per heavy atom. The maximum atomic E-state index is 13.5. The highest BCUT2D eigenvalue weighted by atomic mass is 35.5. The summed E-state index contributed by atoms with van der Waals surface area (Å²) in [6, 6.07) is 11.0. The predicted octanol–water partition coefficient (Wildman–Crippen LogP) is 7.33. The van der Waals surface area contributed by atoms with Gasteiger partial charge >= 0.3 is 12.2 Å². The molecule has 5 nitrogen and oxygen atoms in total. The molecule has 0 radical (unpaired) electrons. The monoisotopic (exact) mass is 576 g/mol. The van der Waals surface area contributed by atoms with E-state index >= 15 is 0 Å². The Morgan fingerprint density at radius 1 is 1.08 bits per heavy atom. The molecule has 0 saturated carbocycles. The zero-order valence-electron chi connectivity index (χ0n) is 20.4. The minimum absolute atomic E-state index is 0.00266.